The highest BCUT2D eigenvalue weighted by Crippen LogP contribution is 1.85. The first kappa shape index (κ1) is 6.70. The third kappa shape index (κ3) is 3.53. The van der Waals surface area contributed by atoms with Crippen LogP contribution in [0.25, 0.3) is 0 Å². The Bertz CT molecular complexity index is 64.6. The van der Waals surface area contributed by atoms with Gasteiger partial charge in [0.05, 0.1) is 0 Å². The van der Waals surface area contributed by atoms with Crippen LogP contribution < -0.4 is 5.32 Å². The summed E-state index contributed by atoms with van der Waals surface area (Å²) in [5.74, 6) is 0. The maximum atomic E-state index is 3.48. The molecule has 0 unspecified atom stereocenters. The van der Waals surface area contributed by atoms with E-state index < -0.39 is 0 Å². The molecule has 7 heavy (non-hydrogen) atoms. The maximum Gasteiger partial charge on any atom is 0.0162 e. The minimum atomic E-state index is 0.899. The number of hydrogen-bond donors (Lipinski definition) is 1. The van der Waals surface area contributed by atoms with Crippen molar-refractivity contribution in [3.8, 4) is 0 Å². The second-order valence-corrected chi connectivity index (χ2v) is 1.56. The topological polar surface area (TPSA) is 12.0 Å². The SMILES string of the molecule is [CH2]NCC(C)=CC. The van der Waals surface area contributed by atoms with E-state index in [-0.39, 0.29) is 0 Å². The number of rotatable bonds is 2. The van der Waals surface area contributed by atoms with E-state index in [2.05, 4.69) is 25.4 Å². The van der Waals surface area contributed by atoms with E-state index >= 15 is 0 Å². The molecule has 1 heteroatoms. The molecule has 1 N–H and O–H groups in total. The standard InChI is InChI=1S/C6H12N/c1-4-6(2)5-7-3/h4,7H,3,5H2,1-2H3. The summed E-state index contributed by atoms with van der Waals surface area (Å²) in [6.07, 6.45) is 2.07. The molecule has 0 rings (SSSR count). The Kier molecular flexibility index (Phi) is 3.71. The quantitative estimate of drug-likeness (QED) is 0.514. The summed E-state index contributed by atoms with van der Waals surface area (Å²) in [6.45, 7) is 4.99. The van der Waals surface area contributed by atoms with Crippen LogP contribution in [0.4, 0.5) is 0 Å². The Labute approximate surface area is 45.4 Å². The van der Waals surface area contributed by atoms with Crippen LogP contribution in [0.5, 0.6) is 0 Å². The summed E-state index contributed by atoms with van der Waals surface area (Å²) in [5.41, 5.74) is 1.33. The van der Waals surface area contributed by atoms with Crippen LogP contribution in [-0.2, 0) is 0 Å². The van der Waals surface area contributed by atoms with Gasteiger partial charge < -0.3 is 5.32 Å². The maximum absolute atomic E-state index is 3.48. The van der Waals surface area contributed by atoms with Crippen molar-refractivity contribution in [3.63, 3.8) is 0 Å². The number of nitrogens with one attached hydrogen (secondary N) is 1. The molecule has 0 aromatic carbocycles. The fourth-order valence-corrected chi connectivity index (χ4v) is 0.299. The molecule has 0 spiro atoms. The largest absolute Gasteiger partial charge is 0.312 e. The lowest BCUT2D eigenvalue weighted by molar-refractivity contribution is 0.930. The van der Waals surface area contributed by atoms with Gasteiger partial charge in [-0.1, -0.05) is 11.6 Å². The lowest BCUT2D eigenvalue weighted by Gasteiger charge is -1.93. The highest BCUT2D eigenvalue weighted by molar-refractivity contribution is 4.97. The Morgan fingerprint density at radius 1 is 1.86 bits per heavy atom. The molecule has 0 fully saturated rings. The lowest BCUT2D eigenvalue weighted by atomic mass is 10.3. The van der Waals surface area contributed by atoms with Gasteiger partial charge in [0.1, 0.15) is 0 Å². The molecule has 0 aliphatic heterocycles. The minimum Gasteiger partial charge on any atom is -0.312 e. The van der Waals surface area contributed by atoms with Crippen molar-refractivity contribution in [3.05, 3.63) is 18.7 Å². The summed E-state index contributed by atoms with van der Waals surface area (Å²) in [4.78, 5) is 0. The highest BCUT2D eigenvalue weighted by atomic mass is 14.8. The fourth-order valence-electron chi connectivity index (χ4n) is 0.299. The average molecular weight is 98.2 g/mol. The van der Waals surface area contributed by atoms with Gasteiger partial charge in [-0.05, 0) is 13.8 Å². The first-order valence-corrected chi connectivity index (χ1v) is 2.43. The van der Waals surface area contributed by atoms with Crippen LogP contribution in [0.3, 0.4) is 0 Å². The Morgan fingerprint density at radius 3 is 2.57 bits per heavy atom. The predicted molar refractivity (Wildman–Crippen MR) is 32.8 cm³/mol. The molecule has 0 atom stereocenters. The van der Waals surface area contributed by atoms with Crippen molar-refractivity contribution >= 4 is 0 Å². The monoisotopic (exact) mass is 98.1 g/mol. The molecule has 1 radical (unpaired) electrons. The molecular weight excluding hydrogens is 86.1 g/mol. The van der Waals surface area contributed by atoms with Crippen LogP contribution in [0.2, 0.25) is 0 Å². The van der Waals surface area contributed by atoms with Crippen LogP contribution in [0.15, 0.2) is 11.6 Å². The van der Waals surface area contributed by atoms with Crippen LogP contribution in [-0.4, -0.2) is 6.54 Å². The van der Waals surface area contributed by atoms with Crippen molar-refractivity contribution in [2.75, 3.05) is 6.54 Å². The van der Waals surface area contributed by atoms with Crippen molar-refractivity contribution in [1.82, 2.24) is 5.32 Å². The number of hydrogen-bond acceptors (Lipinski definition) is 1. The van der Waals surface area contributed by atoms with Gasteiger partial charge in [-0.25, -0.2) is 0 Å². The number of allylic oxidation sites excluding steroid dienone is 1. The minimum absolute atomic E-state index is 0.899. The summed E-state index contributed by atoms with van der Waals surface area (Å²) >= 11 is 0. The second kappa shape index (κ2) is 3.88. The molecule has 41 valence electrons. The molecule has 0 saturated carbocycles. The first-order chi connectivity index (χ1) is 3.31. The summed E-state index contributed by atoms with van der Waals surface area (Å²) < 4.78 is 0. The highest BCUT2D eigenvalue weighted by Gasteiger charge is 1.78. The zero-order valence-electron chi connectivity index (χ0n) is 4.99. The van der Waals surface area contributed by atoms with E-state index in [1.54, 1.807) is 0 Å². The predicted octanol–water partition coefficient (Wildman–Crippen LogP) is 1.33. The summed E-state index contributed by atoms with van der Waals surface area (Å²) in [7, 11) is 3.48. The summed E-state index contributed by atoms with van der Waals surface area (Å²) in [6, 6.07) is 0. The van der Waals surface area contributed by atoms with E-state index in [4.69, 9.17) is 0 Å². The van der Waals surface area contributed by atoms with E-state index in [1.807, 2.05) is 6.92 Å². The molecular formula is C6H12N. The van der Waals surface area contributed by atoms with Crippen LogP contribution in [0.1, 0.15) is 13.8 Å². The summed E-state index contributed by atoms with van der Waals surface area (Å²) in [5, 5.41) is 2.80. The van der Waals surface area contributed by atoms with Crippen LogP contribution in [0, 0.1) is 7.05 Å². The van der Waals surface area contributed by atoms with Gasteiger partial charge in [-0.2, -0.15) is 0 Å². The zero-order valence-corrected chi connectivity index (χ0v) is 4.99. The lowest BCUT2D eigenvalue weighted by Crippen LogP contribution is -2.04. The van der Waals surface area contributed by atoms with Crippen molar-refractivity contribution in [2.45, 2.75) is 13.8 Å². The van der Waals surface area contributed by atoms with Gasteiger partial charge in [0.25, 0.3) is 0 Å². The second-order valence-electron chi connectivity index (χ2n) is 1.56. The Balaban J connectivity index is 3.17. The molecule has 0 saturated heterocycles. The van der Waals surface area contributed by atoms with Crippen molar-refractivity contribution in [2.24, 2.45) is 0 Å². The normalized spacial score (nSPS) is 12.1. The molecule has 0 heterocycles. The Morgan fingerprint density at radius 2 is 2.43 bits per heavy atom. The smallest absolute Gasteiger partial charge is 0.0162 e. The molecule has 0 amide bonds. The van der Waals surface area contributed by atoms with Gasteiger partial charge in [0.15, 0.2) is 0 Å². The van der Waals surface area contributed by atoms with Gasteiger partial charge in [-0.3, -0.25) is 0 Å². The van der Waals surface area contributed by atoms with E-state index in [0.29, 0.717) is 0 Å². The van der Waals surface area contributed by atoms with Gasteiger partial charge in [0.2, 0.25) is 0 Å². The van der Waals surface area contributed by atoms with Crippen LogP contribution >= 0.6 is 0 Å². The molecule has 0 bridgehead atoms. The molecule has 0 aliphatic carbocycles. The van der Waals surface area contributed by atoms with Gasteiger partial charge in [0, 0.05) is 13.6 Å². The van der Waals surface area contributed by atoms with Gasteiger partial charge >= 0.3 is 0 Å². The third-order valence-electron chi connectivity index (χ3n) is 0.897. The van der Waals surface area contributed by atoms with Crippen molar-refractivity contribution in [1.29, 1.82) is 0 Å². The third-order valence-corrected chi connectivity index (χ3v) is 0.897. The van der Waals surface area contributed by atoms with E-state index in [0.717, 1.165) is 6.54 Å². The molecule has 1 nitrogen and oxygen atoms in total. The average Bonchev–Trinajstić information content (AvgIpc) is 1.68. The fraction of sp³-hybridized carbons (Fsp3) is 0.500. The molecule has 0 aromatic rings. The van der Waals surface area contributed by atoms with Crippen molar-refractivity contribution < 1.29 is 0 Å². The Hall–Kier alpha value is -0.300. The molecule has 0 aromatic heterocycles. The molecule has 0 aliphatic rings. The van der Waals surface area contributed by atoms with E-state index in [1.165, 1.54) is 5.57 Å². The van der Waals surface area contributed by atoms with E-state index in [9.17, 15) is 0 Å². The zero-order chi connectivity index (χ0) is 5.70. The first-order valence-electron chi connectivity index (χ1n) is 2.43. The van der Waals surface area contributed by atoms with Gasteiger partial charge in [-0.15, -0.1) is 0 Å².